The number of nitrogens with zero attached hydrogens (tertiary/aromatic N) is 1. The van der Waals surface area contributed by atoms with Crippen molar-refractivity contribution in [3.05, 3.63) is 0 Å². The van der Waals surface area contributed by atoms with Gasteiger partial charge in [0.25, 0.3) is 0 Å². The van der Waals surface area contributed by atoms with Crippen molar-refractivity contribution in [2.24, 2.45) is 5.92 Å². The van der Waals surface area contributed by atoms with Crippen molar-refractivity contribution in [1.82, 2.24) is 10.2 Å². The zero-order chi connectivity index (χ0) is 23.7. The lowest BCUT2D eigenvalue weighted by atomic mass is 9.92. The number of carbonyl (C=O) groups is 1. The lowest BCUT2D eigenvalue weighted by Gasteiger charge is -2.43. The van der Waals surface area contributed by atoms with Crippen molar-refractivity contribution in [3.8, 4) is 0 Å². The van der Waals surface area contributed by atoms with Crippen molar-refractivity contribution >= 4 is 16.7 Å². The molecule has 2 fully saturated rings. The van der Waals surface area contributed by atoms with Crippen molar-refractivity contribution in [2.45, 2.75) is 81.1 Å². The van der Waals surface area contributed by atoms with Gasteiger partial charge < -0.3 is 30.5 Å². The van der Waals surface area contributed by atoms with E-state index in [1.165, 1.54) is 13.2 Å². The predicted molar refractivity (Wildman–Crippen MR) is 104 cm³/mol. The molecule has 2 heterocycles. The topological polar surface area (TPSA) is 140 Å². The molecule has 2 saturated heterocycles. The molecule has 10 heteroatoms. The molecule has 0 aromatic rings. The maximum absolute atomic E-state index is 13.1. The second kappa shape index (κ2) is 9.92. The Bertz CT molecular complexity index is 654. The molecule has 0 bridgehead atoms. The summed E-state index contributed by atoms with van der Waals surface area (Å²) in [6, 6.07) is -2.20. The molecule has 0 spiro atoms. The highest BCUT2D eigenvalue weighted by Gasteiger charge is 2.49. The third-order valence-electron chi connectivity index (χ3n) is 5.50. The van der Waals surface area contributed by atoms with Gasteiger partial charge in [-0.2, -0.15) is 0 Å². The average Bonchev–Trinajstić information content (AvgIpc) is 3.09. The third kappa shape index (κ3) is 5.10. The smallest absolute Gasteiger partial charge is 0.237 e. The zero-order valence-corrected chi connectivity index (χ0v) is 17.2. The molecule has 2 aliphatic rings. The van der Waals surface area contributed by atoms with Crippen LogP contribution in [0.1, 0.15) is 37.2 Å². The maximum Gasteiger partial charge on any atom is 0.237 e. The van der Waals surface area contributed by atoms with Crippen LogP contribution in [0.4, 0.5) is 0 Å². The van der Waals surface area contributed by atoms with Gasteiger partial charge in [0.15, 0.2) is 5.44 Å². The molecule has 0 saturated carbocycles. The number of amides is 1. The van der Waals surface area contributed by atoms with Crippen LogP contribution in [0.25, 0.3) is 0 Å². The molecule has 0 aliphatic carbocycles. The minimum Gasteiger partial charge on any atom is -0.391 e. The van der Waals surface area contributed by atoms with Gasteiger partial charge in [0.2, 0.25) is 5.91 Å². The maximum atomic E-state index is 13.1. The number of nitrogens with one attached hydrogen (secondary N) is 1. The first-order valence-corrected chi connectivity index (χ1v) is 11.2. The van der Waals surface area contributed by atoms with Crippen LogP contribution in [0.15, 0.2) is 0 Å². The van der Waals surface area contributed by atoms with E-state index in [0.29, 0.717) is 6.42 Å². The van der Waals surface area contributed by atoms with Gasteiger partial charge in [-0.1, -0.05) is 13.3 Å². The highest BCUT2D eigenvalue weighted by atomic mass is 32.2. The van der Waals surface area contributed by atoms with Crippen LogP contribution < -0.4 is 5.32 Å². The number of likely N-dealkylation sites (N-methyl/N-ethyl adjacent to an activating group) is 1. The second-order valence-corrected chi connectivity index (χ2v) is 9.23. The van der Waals surface area contributed by atoms with Gasteiger partial charge in [-0.15, -0.1) is 0 Å². The molecule has 10 atom stereocenters. The molecule has 2 aliphatic heterocycles. The Kier molecular flexibility index (Phi) is 6.86. The van der Waals surface area contributed by atoms with Crippen molar-refractivity contribution in [3.63, 3.8) is 0 Å². The fourth-order valence-corrected chi connectivity index (χ4v) is 4.81. The summed E-state index contributed by atoms with van der Waals surface area (Å²) >= 11 is 0. The Labute approximate surface area is 172 Å². The van der Waals surface area contributed by atoms with Crippen LogP contribution >= 0.6 is 0 Å². The number of carbonyl (C=O) groups excluding carboxylic acids is 1. The fourth-order valence-electron chi connectivity index (χ4n) is 3.97. The van der Waals surface area contributed by atoms with Crippen molar-refractivity contribution < 1.29 is 38.3 Å². The summed E-state index contributed by atoms with van der Waals surface area (Å²) in [5.41, 5.74) is -1.33. The van der Waals surface area contributed by atoms with E-state index in [0.717, 1.165) is 17.7 Å². The van der Waals surface area contributed by atoms with E-state index in [-0.39, 0.29) is 12.5 Å². The molecule has 5 N–H and O–H groups in total. The summed E-state index contributed by atoms with van der Waals surface area (Å²) in [6.07, 6.45) is -4.41. The summed E-state index contributed by atoms with van der Waals surface area (Å²) < 4.78 is 40.7. The SMILES string of the molecule is [2H][13C]([2H])([2H])N1C[C@H](CCC)C[C@H]1C(=O)N[C@@H]([C@H]1O[C@H](S(C)=O)[C@H](O)[C@@H](O)[C@H]1O)[C@@H](C)O. The van der Waals surface area contributed by atoms with Crippen molar-refractivity contribution in [2.75, 3.05) is 19.8 Å². The molecular formula is C18H34N2O7S. The summed E-state index contributed by atoms with van der Waals surface area (Å²) in [7, 11) is -1.73. The van der Waals surface area contributed by atoms with Crippen LogP contribution in [0.3, 0.4) is 0 Å². The number of likely N-dealkylation sites (tertiary alicyclic amines) is 1. The quantitative estimate of drug-likeness (QED) is 0.299. The molecule has 0 aromatic carbocycles. The number of hydrogen-bond donors (Lipinski definition) is 5. The highest BCUT2D eigenvalue weighted by Crippen LogP contribution is 2.28. The second-order valence-electron chi connectivity index (χ2n) is 7.77. The van der Waals surface area contributed by atoms with E-state index in [4.69, 9.17) is 8.85 Å². The Hall–Kier alpha value is -0.620. The standard InChI is InChI=1S/C18H34N2O7S/c1-5-6-10-7-11(20(3)8-10)17(25)19-12(9(2)21)16-14(23)13(22)15(24)18(27-16)28(4)26/h9-16,18,21-24H,5-8H2,1-4H3,(H,19,25)/t9-,10-,11+,12-,13+,14-,15-,16-,18-,28?/m1/s1/i3+1D3. The van der Waals surface area contributed by atoms with Crippen LogP contribution in [-0.2, 0) is 20.3 Å². The lowest BCUT2D eigenvalue weighted by molar-refractivity contribution is -0.212. The number of ether oxygens (including phenoxy) is 1. The van der Waals surface area contributed by atoms with Crippen LogP contribution in [-0.4, -0.2) is 103 Å². The number of aliphatic hydroxyl groups is 4. The van der Waals surface area contributed by atoms with E-state index >= 15 is 0 Å². The predicted octanol–water partition coefficient (Wildman–Crippen LogP) is -1.84. The molecule has 2 rings (SSSR count). The van der Waals surface area contributed by atoms with Gasteiger partial charge in [0.1, 0.15) is 24.4 Å². The molecular weight excluding hydrogens is 389 g/mol. The monoisotopic (exact) mass is 426 g/mol. The average molecular weight is 427 g/mol. The Morgan fingerprint density at radius 3 is 2.57 bits per heavy atom. The minimum absolute atomic E-state index is 0.0339. The minimum atomic E-state index is -2.48. The first kappa shape index (κ1) is 19.3. The molecule has 28 heavy (non-hydrogen) atoms. The summed E-state index contributed by atoms with van der Waals surface area (Å²) in [4.78, 5) is 14.2. The van der Waals surface area contributed by atoms with Gasteiger partial charge in [-0.25, -0.2) is 0 Å². The van der Waals surface area contributed by atoms with E-state index in [9.17, 15) is 29.4 Å². The summed E-state index contributed by atoms with van der Waals surface area (Å²) in [5.74, 6) is -0.613. The molecule has 9 nitrogen and oxygen atoms in total. The van der Waals surface area contributed by atoms with Crippen LogP contribution in [0, 0.1) is 5.92 Å². The normalized spacial score (nSPS) is 42.1. The zero-order valence-electron chi connectivity index (χ0n) is 19.4. The Morgan fingerprint density at radius 1 is 1.36 bits per heavy atom. The Morgan fingerprint density at radius 2 is 2.04 bits per heavy atom. The molecule has 1 unspecified atom stereocenters. The number of hydrogen-bond acceptors (Lipinski definition) is 8. The van der Waals surface area contributed by atoms with Crippen LogP contribution in [0.5, 0.6) is 0 Å². The lowest BCUT2D eigenvalue weighted by Crippen LogP contribution is -2.66. The van der Waals surface area contributed by atoms with Crippen LogP contribution in [0.2, 0.25) is 0 Å². The molecule has 0 radical (unpaired) electrons. The van der Waals surface area contributed by atoms with E-state index in [1.54, 1.807) is 0 Å². The van der Waals surface area contributed by atoms with Gasteiger partial charge in [0.05, 0.1) is 29.0 Å². The van der Waals surface area contributed by atoms with Gasteiger partial charge >= 0.3 is 0 Å². The van der Waals surface area contributed by atoms with Gasteiger partial charge in [0, 0.05) is 16.9 Å². The van der Waals surface area contributed by atoms with Gasteiger partial charge in [-0.3, -0.25) is 13.9 Å². The van der Waals surface area contributed by atoms with E-state index in [1.807, 2.05) is 6.92 Å². The molecule has 164 valence electrons. The third-order valence-corrected chi connectivity index (χ3v) is 6.55. The van der Waals surface area contributed by atoms with Gasteiger partial charge in [-0.05, 0) is 32.7 Å². The number of aliphatic hydroxyl groups excluding tert-OH is 4. The molecule has 1 amide bonds. The van der Waals surface area contributed by atoms with Crippen molar-refractivity contribution in [1.29, 1.82) is 0 Å². The fraction of sp³-hybridized carbons (Fsp3) is 0.944. The summed E-state index contributed by atoms with van der Waals surface area (Å²) in [6.45, 7) is 1.08. The Balaban J connectivity index is 2.23. The summed E-state index contributed by atoms with van der Waals surface area (Å²) in [5, 5.41) is 43.4. The van der Waals surface area contributed by atoms with E-state index in [2.05, 4.69) is 5.32 Å². The number of rotatable bonds is 7. The first-order chi connectivity index (χ1) is 14.3. The molecule has 0 aromatic heterocycles. The highest BCUT2D eigenvalue weighted by molar-refractivity contribution is 7.84. The first-order valence-electron chi connectivity index (χ1n) is 11.1. The van der Waals surface area contributed by atoms with E-state index < -0.39 is 71.7 Å². The largest absolute Gasteiger partial charge is 0.391 e.